The minimum absolute atomic E-state index is 0.235. The van der Waals surface area contributed by atoms with E-state index in [1.54, 1.807) is 25.1 Å². The van der Waals surface area contributed by atoms with Crippen LogP contribution in [0.25, 0.3) is 0 Å². The van der Waals surface area contributed by atoms with Crippen molar-refractivity contribution in [2.45, 2.75) is 26.7 Å². The summed E-state index contributed by atoms with van der Waals surface area (Å²) in [4.78, 5) is 16.7. The first kappa shape index (κ1) is 15.7. The van der Waals surface area contributed by atoms with Gasteiger partial charge in [0.05, 0.1) is 6.54 Å². The van der Waals surface area contributed by atoms with Crippen molar-refractivity contribution in [3.8, 4) is 0 Å². The Bertz CT molecular complexity index is 458. The molecule has 20 heavy (non-hydrogen) atoms. The number of hydrogen-bond acceptors (Lipinski definition) is 4. The van der Waals surface area contributed by atoms with Crippen molar-refractivity contribution in [1.82, 2.24) is 5.32 Å². The molecule has 0 radical (unpaired) electrons. The van der Waals surface area contributed by atoms with Crippen molar-refractivity contribution >= 4 is 11.7 Å². The largest absolute Gasteiger partial charge is 0.326 e. The summed E-state index contributed by atoms with van der Waals surface area (Å²) in [5.74, 6) is 0.235. The molecule has 1 aromatic carbocycles. The van der Waals surface area contributed by atoms with E-state index in [0.717, 1.165) is 12.8 Å². The molecule has 0 atom stereocenters. The van der Waals surface area contributed by atoms with Crippen LogP contribution in [0.4, 0.5) is 10.5 Å². The third-order valence-electron chi connectivity index (χ3n) is 2.34. The number of unbranched alkanes of at least 4 members (excludes halogenated alkanes) is 1. The number of urea groups is 1. The Balaban J connectivity index is 2.36. The second kappa shape index (κ2) is 9.55. The highest BCUT2D eigenvalue weighted by molar-refractivity contribution is 5.90. The average Bonchev–Trinajstić information content (AvgIpc) is 2.46. The fourth-order valence-corrected chi connectivity index (χ4v) is 1.29. The second-order valence-corrected chi connectivity index (χ2v) is 3.99. The summed E-state index contributed by atoms with van der Waals surface area (Å²) in [7, 11) is 0. The molecule has 108 valence electrons. The lowest BCUT2D eigenvalue weighted by Crippen LogP contribution is -2.28. The van der Waals surface area contributed by atoms with Gasteiger partial charge < -0.3 is 10.2 Å². The van der Waals surface area contributed by atoms with Gasteiger partial charge in [0.2, 0.25) is 5.88 Å². The number of carbonyl (C=O) groups is 1. The van der Waals surface area contributed by atoms with Crippen LogP contribution in [0, 0.1) is 0 Å². The number of nitrogens with zero attached hydrogens (tertiary/aromatic N) is 2. The molecule has 0 heterocycles. The van der Waals surface area contributed by atoms with Crippen LogP contribution in [0.5, 0.6) is 0 Å². The highest BCUT2D eigenvalue weighted by Crippen LogP contribution is 2.05. The van der Waals surface area contributed by atoms with E-state index in [-0.39, 0.29) is 5.88 Å². The van der Waals surface area contributed by atoms with Gasteiger partial charge in [0, 0.05) is 11.0 Å². The zero-order chi connectivity index (χ0) is 14.6. The molecule has 0 aliphatic carbocycles. The van der Waals surface area contributed by atoms with Gasteiger partial charge in [0.25, 0.3) is 0 Å². The number of anilines is 1. The Morgan fingerprint density at radius 2 is 2.10 bits per heavy atom. The number of hydrogen-bond donors (Lipinski definition) is 2. The van der Waals surface area contributed by atoms with Crippen LogP contribution >= 0.6 is 0 Å². The predicted octanol–water partition coefficient (Wildman–Crippen LogP) is 3.85. The summed E-state index contributed by atoms with van der Waals surface area (Å²) in [6.45, 7) is 4.42. The Morgan fingerprint density at radius 1 is 1.35 bits per heavy atom. The highest BCUT2D eigenvalue weighted by atomic mass is 16.7. The Labute approximate surface area is 118 Å². The summed E-state index contributed by atoms with van der Waals surface area (Å²) >= 11 is 0. The third-order valence-corrected chi connectivity index (χ3v) is 2.34. The molecule has 6 nitrogen and oxygen atoms in total. The molecule has 2 amide bonds. The lowest BCUT2D eigenvalue weighted by Gasteiger charge is -2.07. The molecule has 0 bridgehead atoms. The van der Waals surface area contributed by atoms with Gasteiger partial charge in [0.15, 0.2) is 0 Å². The van der Waals surface area contributed by atoms with Crippen LogP contribution in [-0.2, 0) is 4.84 Å². The number of para-hydroxylation sites is 1. The first-order chi connectivity index (χ1) is 9.76. The maximum Gasteiger partial charge on any atom is 0.326 e. The van der Waals surface area contributed by atoms with Gasteiger partial charge in [-0.15, -0.1) is 0 Å². The van der Waals surface area contributed by atoms with E-state index in [9.17, 15) is 4.79 Å². The number of carbonyl (C=O) groups excluding carboxylic acids is 1. The molecule has 0 aliphatic rings. The third kappa shape index (κ3) is 6.53. The van der Waals surface area contributed by atoms with E-state index in [1.165, 1.54) is 0 Å². The van der Waals surface area contributed by atoms with Crippen LogP contribution in [-0.4, -0.2) is 12.6 Å². The Hall–Kier alpha value is -2.37. The van der Waals surface area contributed by atoms with Gasteiger partial charge in [0.1, 0.15) is 0 Å². The molecule has 0 aromatic heterocycles. The minimum Gasteiger partial charge on any atom is -0.321 e. The monoisotopic (exact) mass is 276 g/mol. The first-order valence-corrected chi connectivity index (χ1v) is 6.59. The van der Waals surface area contributed by atoms with Gasteiger partial charge in [-0.25, -0.2) is 4.79 Å². The van der Waals surface area contributed by atoms with Crippen molar-refractivity contribution < 1.29 is 9.63 Å². The second-order valence-electron chi connectivity index (χ2n) is 3.99. The van der Waals surface area contributed by atoms with Gasteiger partial charge >= 0.3 is 6.03 Å². The minimum atomic E-state index is -0.395. The molecule has 0 spiro atoms. The van der Waals surface area contributed by atoms with Crippen LogP contribution in [0.2, 0.25) is 0 Å². The highest BCUT2D eigenvalue weighted by Gasteiger charge is 2.04. The van der Waals surface area contributed by atoms with Gasteiger partial charge in [-0.3, -0.25) is 5.32 Å². The van der Waals surface area contributed by atoms with E-state index in [1.807, 2.05) is 18.2 Å². The van der Waals surface area contributed by atoms with Crippen LogP contribution in [0.1, 0.15) is 26.7 Å². The lowest BCUT2D eigenvalue weighted by atomic mass is 10.3. The molecule has 0 fully saturated rings. The maximum absolute atomic E-state index is 11.7. The summed E-state index contributed by atoms with van der Waals surface area (Å²) in [6.07, 6.45) is 3.61. The van der Waals surface area contributed by atoms with E-state index < -0.39 is 6.03 Å². The molecule has 0 saturated heterocycles. The normalized spacial score (nSPS) is 11.4. The van der Waals surface area contributed by atoms with Crippen LogP contribution < -0.4 is 10.6 Å². The fraction of sp³-hybridized carbons (Fsp3) is 0.357. The zero-order valence-corrected chi connectivity index (χ0v) is 11.8. The molecule has 2 N–H and O–H groups in total. The molecule has 1 aromatic rings. The Morgan fingerprint density at radius 3 is 2.75 bits per heavy atom. The van der Waals surface area contributed by atoms with Gasteiger partial charge in [-0.2, -0.15) is 5.11 Å². The van der Waals surface area contributed by atoms with Crippen molar-refractivity contribution in [1.29, 1.82) is 0 Å². The lowest BCUT2D eigenvalue weighted by molar-refractivity contribution is 0.178. The molecule has 0 unspecified atom stereocenters. The number of allylic oxidation sites excluding steroid dienone is 1. The number of amides is 2. The van der Waals surface area contributed by atoms with Crippen molar-refractivity contribution in [2.75, 3.05) is 11.9 Å². The van der Waals surface area contributed by atoms with Gasteiger partial charge in [-0.1, -0.05) is 31.5 Å². The Kier molecular flexibility index (Phi) is 7.49. The summed E-state index contributed by atoms with van der Waals surface area (Å²) in [6, 6.07) is 8.74. The standard InChI is InChI=1S/C14H20N4O2/c1-3-5-11-15-18-20-13(4-2)17-14(19)16-12-9-7-6-8-10-12/h4,6-10H,3,5,11H2,1-2H3,(H2,16,17,19)/b13-4-,18-15?. The van der Waals surface area contributed by atoms with Gasteiger partial charge in [-0.05, 0) is 31.6 Å². The van der Waals surface area contributed by atoms with Crippen LogP contribution in [0.3, 0.4) is 0 Å². The SMILES string of the molecule is C/C=C(/NC(=O)Nc1ccccc1)ON=NCCCC. The van der Waals surface area contributed by atoms with E-state index in [2.05, 4.69) is 27.9 Å². The number of rotatable bonds is 7. The maximum atomic E-state index is 11.7. The summed E-state index contributed by atoms with van der Waals surface area (Å²) < 4.78 is 0. The molecular weight excluding hydrogens is 256 g/mol. The molecule has 0 saturated carbocycles. The zero-order valence-electron chi connectivity index (χ0n) is 11.8. The molecule has 0 aliphatic heterocycles. The van der Waals surface area contributed by atoms with Crippen molar-refractivity contribution in [3.63, 3.8) is 0 Å². The topological polar surface area (TPSA) is 75.1 Å². The van der Waals surface area contributed by atoms with E-state index in [4.69, 9.17) is 4.84 Å². The fourth-order valence-electron chi connectivity index (χ4n) is 1.29. The van der Waals surface area contributed by atoms with Crippen molar-refractivity contribution in [3.05, 3.63) is 42.3 Å². The smallest absolute Gasteiger partial charge is 0.321 e. The molecule has 1 rings (SSSR count). The number of benzene rings is 1. The average molecular weight is 276 g/mol. The van der Waals surface area contributed by atoms with E-state index >= 15 is 0 Å². The molecular formula is C14H20N4O2. The van der Waals surface area contributed by atoms with Crippen LogP contribution in [0.15, 0.2) is 52.7 Å². The summed E-state index contributed by atoms with van der Waals surface area (Å²) in [5, 5.41) is 12.6. The van der Waals surface area contributed by atoms with E-state index in [0.29, 0.717) is 12.2 Å². The van der Waals surface area contributed by atoms with Crippen molar-refractivity contribution in [2.24, 2.45) is 10.4 Å². The summed E-state index contributed by atoms with van der Waals surface area (Å²) in [5.41, 5.74) is 0.699. The predicted molar refractivity (Wildman–Crippen MR) is 78.1 cm³/mol. The number of nitrogens with one attached hydrogen (secondary N) is 2. The quantitative estimate of drug-likeness (QED) is 0.343. The first-order valence-electron chi connectivity index (χ1n) is 6.59. The molecule has 6 heteroatoms.